The van der Waals surface area contributed by atoms with Gasteiger partial charge in [-0.2, -0.15) is 0 Å². The standard InChI is InChI=1S/C14H25N/c1-4-5-8-12(2)14-10-7-6-9-13(14)11-15-3/h6,9,12,15H,4-5,7-8,10-11H2,1-3H3. The Labute approximate surface area is 94.6 Å². The summed E-state index contributed by atoms with van der Waals surface area (Å²) in [6.07, 6.45) is 11.2. The second kappa shape index (κ2) is 6.84. The molecule has 1 heteroatoms. The van der Waals surface area contributed by atoms with E-state index in [-0.39, 0.29) is 0 Å². The molecule has 0 saturated carbocycles. The molecule has 0 heterocycles. The third-order valence-electron chi connectivity index (χ3n) is 3.26. The Morgan fingerprint density at radius 1 is 1.47 bits per heavy atom. The maximum Gasteiger partial charge on any atom is 0.0202 e. The lowest BCUT2D eigenvalue weighted by molar-refractivity contribution is 0.546. The minimum absolute atomic E-state index is 0.776. The van der Waals surface area contributed by atoms with Crippen LogP contribution >= 0.6 is 0 Å². The summed E-state index contributed by atoms with van der Waals surface area (Å²) in [5, 5.41) is 3.27. The Kier molecular flexibility index (Phi) is 5.70. The van der Waals surface area contributed by atoms with Crippen LogP contribution in [-0.2, 0) is 0 Å². The molecule has 1 unspecified atom stereocenters. The van der Waals surface area contributed by atoms with Gasteiger partial charge in [0.25, 0.3) is 0 Å². The summed E-state index contributed by atoms with van der Waals surface area (Å²) in [4.78, 5) is 0. The van der Waals surface area contributed by atoms with Gasteiger partial charge in [-0.3, -0.25) is 0 Å². The van der Waals surface area contributed by atoms with Crippen molar-refractivity contribution in [1.82, 2.24) is 5.32 Å². The molecule has 0 spiro atoms. The number of hydrogen-bond acceptors (Lipinski definition) is 1. The Balaban J connectivity index is 2.64. The second-order valence-corrected chi connectivity index (χ2v) is 4.57. The van der Waals surface area contributed by atoms with Crippen LogP contribution in [0.15, 0.2) is 23.3 Å². The van der Waals surface area contributed by atoms with E-state index in [4.69, 9.17) is 0 Å². The van der Waals surface area contributed by atoms with Crippen LogP contribution in [0, 0.1) is 5.92 Å². The maximum atomic E-state index is 3.27. The highest BCUT2D eigenvalue weighted by Gasteiger charge is 2.14. The smallest absolute Gasteiger partial charge is 0.0202 e. The first-order valence-electron chi connectivity index (χ1n) is 6.32. The summed E-state index contributed by atoms with van der Waals surface area (Å²) < 4.78 is 0. The van der Waals surface area contributed by atoms with E-state index in [2.05, 4.69) is 31.3 Å². The van der Waals surface area contributed by atoms with Gasteiger partial charge < -0.3 is 5.32 Å². The third kappa shape index (κ3) is 3.83. The van der Waals surface area contributed by atoms with Gasteiger partial charge >= 0.3 is 0 Å². The van der Waals surface area contributed by atoms with Crippen molar-refractivity contribution >= 4 is 0 Å². The lowest BCUT2D eigenvalue weighted by Crippen LogP contribution is -2.15. The number of nitrogens with one attached hydrogen (secondary N) is 1. The van der Waals surface area contributed by atoms with Crippen LogP contribution in [0.2, 0.25) is 0 Å². The Morgan fingerprint density at radius 2 is 2.27 bits per heavy atom. The molecule has 0 aromatic rings. The van der Waals surface area contributed by atoms with Crippen LogP contribution in [0.3, 0.4) is 0 Å². The molecular formula is C14H25N. The van der Waals surface area contributed by atoms with Gasteiger partial charge in [0.05, 0.1) is 0 Å². The summed E-state index contributed by atoms with van der Waals surface area (Å²) in [7, 11) is 2.03. The molecule has 15 heavy (non-hydrogen) atoms. The van der Waals surface area contributed by atoms with Crippen LogP contribution < -0.4 is 5.32 Å². The first-order valence-corrected chi connectivity index (χ1v) is 6.32. The van der Waals surface area contributed by atoms with Gasteiger partial charge in [0.1, 0.15) is 0 Å². The summed E-state index contributed by atoms with van der Waals surface area (Å²) in [6.45, 7) is 5.69. The van der Waals surface area contributed by atoms with E-state index in [1.165, 1.54) is 37.7 Å². The van der Waals surface area contributed by atoms with Gasteiger partial charge in [-0.15, -0.1) is 0 Å². The fourth-order valence-corrected chi connectivity index (χ4v) is 2.34. The molecule has 0 fully saturated rings. The Hall–Kier alpha value is -0.560. The number of allylic oxidation sites excluding steroid dienone is 2. The molecule has 1 nitrogen and oxygen atoms in total. The molecule has 0 bridgehead atoms. The zero-order valence-electron chi connectivity index (χ0n) is 10.5. The largest absolute Gasteiger partial charge is 0.316 e. The van der Waals surface area contributed by atoms with E-state index in [9.17, 15) is 0 Å². The molecule has 0 aromatic carbocycles. The number of rotatable bonds is 6. The fraction of sp³-hybridized carbons (Fsp3) is 0.714. The third-order valence-corrected chi connectivity index (χ3v) is 3.26. The molecule has 1 aliphatic carbocycles. The van der Waals surface area contributed by atoms with Crippen molar-refractivity contribution in [3.05, 3.63) is 23.3 Å². The molecular weight excluding hydrogens is 182 g/mol. The molecule has 0 aromatic heterocycles. The zero-order valence-corrected chi connectivity index (χ0v) is 10.5. The van der Waals surface area contributed by atoms with Crippen LogP contribution in [0.25, 0.3) is 0 Å². The summed E-state index contributed by atoms with van der Waals surface area (Å²) in [6, 6.07) is 0. The van der Waals surface area contributed by atoms with Crippen LogP contribution in [0.4, 0.5) is 0 Å². The summed E-state index contributed by atoms with van der Waals surface area (Å²) in [5.74, 6) is 0.776. The quantitative estimate of drug-likeness (QED) is 0.700. The van der Waals surface area contributed by atoms with Crippen molar-refractivity contribution in [3.8, 4) is 0 Å². The van der Waals surface area contributed by atoms with Crippen molar-refractivity contribution in [1.29, 1.82) is 0 Å². The highest BCUT2D eigenvalue weighted by Crippen LogP contribution is 2.28. The van der Waals surface area contributed by atoms with Gasteiger partial charge in [0, 0.05) is 6.54 Å². The van der Waals surface area contributed by atoms with E-state index in [0.717, 1.165) is 12.5 Å². The van der Waals surface area contributed by atoms with E-state index in [0.29, 0.717) is 0 Å². The van der Waals surface area contributed by atoms with Gasteiger partial charge in [-0.1, -0.05) is 44.4 Å². The number of likely N-dealkylation sites (N-methyl/N-ethyl adjacent to an activating group) is 1. The predicted molar refractivity (Wildman–Crippen MR) is 68.0 cm³/mol. The average molecular weight is 207 g/mol. The molecule has 1 atom stereocenters. The SMILES string of the molecule is CCCCC(C)C1=C(CNC)C=CCC1. The number of hydrogen-bond donors (Lipinski definition) is 1. The minimum Gasteiger partial charge on any atom is -0.316 e. The van der Waals surface area contributed by atoms with Crippen LogP contribution in [-0.4, -0.2) is 13.6 Å². The molecule has 1 N–H and O–H groups in total. The molecule has 0 saturated heterocycles. The monoisotopic (exact) mass is 207 g/mol. The van der Waals surface area contributed by atoms with Crippen molar-refractivity contribution in [2.24, 2.45) is 5.92 Å². The molecule has 86 valence electrons. The van der Waals surface area contributed by atoms with Crippen LogP contribution in [0.1, 0.15) is 46.0 Å². The van der Waals surface area contributed by atoms with Gasteiger partial charge in [0.15, 0.2) is 0 Å². The second-order valence-electron chi connectivity index (χ2n) is 4.57. The van der Waals surface area contributed by atoms with E-state index in [1.807, 2.05) is 7.05 Å². The van der Waals surface area contributed by atoms with E-state index >= 15 is 0 Å². The van der Waals surface area contributed by atoms with E-state index in [1.54, 1.807) is 5.57 Å². The average Bonchev–Trinajstić information content (AvgIpc) is 2.27. The summed E-state index contributed by atoms with van der Waals surface area (Å²) >= 11 is 0. The normalized spacial score (nSPS) is 18.3. The first kappa shape index (κ1) is 12.5. The van der Waals surface area contributed by atoms with Gasteiger partial charge in [0.2, 0.25) is 0 Å². The van der Waals surface area contributed by atoms with Crippen molar-refractivity contribution in [2.75, 3.05) is 13.6 Å². The lowest BCUT2D eigenvalue weighted by atomic mass is 9.85. The maximum absolute atomic E-state index is 3.27. The van der Waals surface area contributed by atoms with Crippen molar-refractivity contribution < 1.29 is 0 Å². The number of unbranched alkanes of at least 4 members (excludes halogenated alkanes) is 1. The topological polar surface area (TPSA) is 12.0 Å². The lowest BCUT2D eigenvalue weighted by Gasteiger charge is -2.22. The fourth-order valence-electron chi connectivity index (χ4n) is 2.34. The molecule has 0 aliphatic heterocycles. The van der Waals surface area contributed by atoms with E-state index < -0.39 is 0 Å². The molecule has 1 rings (SSSR count). The molecule has 0 radical (unpaired) electrons. The molecule has 0 amide bonds. The minimum atomic E-state index is 0.776. The van der Waals surface area contributed by atoms with Crippen LogP contribution in [0.5, 0.6) is 0 Å². The highest BCUT2D eigenvalue weighted by molar-refractivity contribution is 5.32. The Bertz CT molecular complexity index is 238. The predicted octanol–water partition coefficient (Wildman–Crippen LogP) is 3.68. The van der Waals surface area contributed by atoms with Gasteiger partial charge in [-0.05, 0) is 37.8 Å². The first-order chi connectivity index (χ1) is 7.29. The zero-order chi connectivity index (χ0) is 11.1. The summed E-state index contributed by atoms with van der Waals surface area (Å²) in [5.41, 5.74) is 3.23. The van der Waals surface area contributed by atoms with Crippen molar-refractivity contribution in [2.45, 2.75) is 46.0 Å². The highest BCUT2D eigenvalue weighted by atomic mass is 14.8. The van der Waals surface area contributed by atoms with Crippen molar-refractivity contribution in [3.63, 3.8) is 0 Å². The van der Waals surface area contributed by atoms with Gasteiger partial charge in [-0.25, -0.2) is 0 Å². The Morgan fingerprint density at radius 3 is 2.93 bits per heavy atom. The molecule has 1 aliphatic rings.